The molecule has 0 spiro atoms. The fourth-order valence-corrected chi connectivity index (χ4v) is 0.862. The van der Waals surface area contributed by atoms with Crippen molar-refractivity contribution >= 4 is 28.9 Å². The summed E-state index contributed by atoms with van der Waals surface area (Å²) in [6, 6.07) is 0. The third kappa shape index (κ3) is 6.15. The molecule has 0 N–H and O–H groups in total. The molecule has 51 valence electrons. The fourth-order valence-electron chi connectivity index (χ4n) is 0.570. The first-order chi connectivity index (χ1) is 4.31. The Kier molecular flexibility index (Phi) is 6.58. The molecule has 0 unspecified atom stereocenters. The van der Waals surface area contributed by atoms with E-state index < -0.39 is 0 Å². The average molecular weight is 234 g/mol. The van der Waals surface area contributed by atoms with Gasteiger partial charge in [0.25, 0.3) is 0 Å². The van der Waals surface area contributed by atoms with E-state index in [9.17, 15) is 4.79 Å². The maximum atomic E-state index is 10.5. The first-order valence-electron chi connectivity index (χ1n) is 3.17. The molecule has 3 heteroatoms. The molecule has 0 heterocycles. The molecule has 0 saturated carbocycles. The minimum atomic E-state index is -0.0540. The van der Waals surface area contributed by atoms with Crippen LogP contribution in [0.25, 0.3) is 0 Å². The average Bonchev–Trinajstić information content (AvgIpc) is 1.89. The molecule has 0 aromatic carbocycles. The molecule has 0 aliphatic carbocycles. The second-order valence-electron chi connectivity index (χ2n) is 1.93. The summed E-state index contributed by atoms with van der Waals surface area (Å²) in [6.07, 6.45) is 3.86. The van der Waals surface area contributed by atoms with Crippen LogP contribution in [0, 0.1) is 0 Å². The van der Waals surface area contributed by atoms with Gasteiger partial charge in [-0.15, -0.1) is 0 Å². The first kappa shape index (κ1) is 9.27. The molecule has 9 heavy (non-hydrogen) atoms. The topological polar surface area (TPSA) is 26.3 Å². The molecule has 2 nitrogen and oxygen atoms in total. The first-order valence-corrected chi connectivity index (χ1v) is 4.34. The van der Waals surface area contributed by atoms with Gasteiger partial charge in [0, 0.05) is 0 Å². The van der Waals surface area contributed by atoms with Crippen LogP contribution < -0.4 is 0 Å². The van der Waals surface area contributed by atoms with E-state index in [2.05, 4.69) is 10.00 Å². The zero-order valence-corrected chi connectivity index (χ0v) is 8.50. The summed E-state index contributed by atoms with van der Waals surface area (Å²) in [4.78, 5) is 10.5. The van der Waals surface area contributed by atoms with Crippen LogP contribution in [-0.2, 0) is 7.87 Å². The van der Waals surface area contributed by atoms with E-state index >= 15 is 0 Å². The van der Waals surface area contributed by atoms with Crippen molar-refractivity contribution in [2.75, 3.05) is 0 Å². The molecule has 0 aromatic heterocycles. The SMILES string of the molecule is CCCCCC(=O)[O][Sn]. The van der Waals surface area contributed by atoms with E-state index in [1.165, 1.54) is 0 Å². The van der Waals surface area contributed by atoms with Crippen LogP contribution in [0.1, 0.15) is 32.6 Å². The summed E-state index contributed by atoms with van der Waals surface area (Å²) in [5.74, 6) is -0.0540. The molecular formula is C6H11O2Sn. The quantitative estimate of drug-likeness (QED) is 0.539. The maximum absolute atomic E-state index is 10.5. The second-order valence-corrected chi connectivity index (χ2v) is 2.51. The molecule has 0 rings (SSSR count). The Hall–Kier alpha value is 0.269. The van der Waals surface area contributed by atoms with Gasteiger partial charge >= 0.3 is 69.4 Å². The predicted molar refractivity (Wildman–Crippen MR) is 36.0 cm³/mol. The molecule has 0 aliphatic rings. The van der Waals surface area contributed by atoms with Crippen molar-refractivity contribution in [3.8, 4) is 0 Å². The summed E-state index contributed by atoms with van der Waals surface area (Å²) in [5, 5.41) is 0. The Balaban J connectivity index is 2.97. The minimum absolute atomic E-state index is 0.0540. The normalized spacial score (nSPS) is 9.11. The standard InChI is InChI=1S/C6H12O2.Sn/c1-2-3-4-5-6(7)8;/h2-5H2,1H3,(H,7,8);/q;+1/p-1. The zero-order chi connectivity index (χ0) is 7.11. The molecule has 0 bridgehead atoms. The van der Waals surface area contributed by atoms with Gasteiger partial charge in [-0.25, -0.2) is 0 Å². The molecule has 0 aromatic rings. The van der Waals surface area contributed by atoms with Gasteiger partial charge in [-0.2, -0.15) is 0 Å². The van der Waals surface area contributed by atoms with Crippen molar-refractivity contribution in [2.45, 2.75) is 32.6 Å². The van der Waals surface area contributed by atoms with E-state index in [1.807, 2.05) is 0 Å². The van der Waals surface area contributed by atoms with Crippen molar-refractivity contribution in [1.82, 2.24) is 0 Å². The van der Waals surface area contributed by atoms with Gasteiger partial charge in [0.05, 0.1) is 0 Å². The summed E-state index contributed by atoms with van der Waals surface area (Å²) in [7, 11) is 0. The Morgan fingerprint density at radius 1 is 1.56 bits per heavy atom. The second kappa shape index (κ2) is 6.39. The van der Waals surface area contributed by atoms with Crippen LogP contribution >= 0.6 is 0 Å². The summed E-state index contributed by atoms with van der Waals surface area (Å²) in [5.41, 5.74) is 0. The molecule has 0 aliphatic heterocycles. The van der Waals surface area contributed by atoms with Crippen LogP contribution in [0.5, 0.6) is 0 Å². The molecule has 0 atom stereocenters. The van der Waals surface area contributed by atoms with Gasteiger partial charge in [0.15, 0.2) is 0 Å². The van der Waals surface area contributed by atoms with Gasteiger partial charge in [0.2, 0.25) is 0 Å². The predicted octanol–water partition coefficient (Wildman–Crippen LogP) is 1.19. The van der Waals surface area contributed by atoms with E-state index in [0.29, 0.717) is 6.42 Å². The molecule has 0 amide bonds. The van der Waals surface area contributed by atoms with E-state index in [-0.39, 0.29) is 5.97 Å². The summed E-state index contributed by atoms with van der Waals surface area (Å²) >= 11 is 0.853. The van der Waals surface area contributed by atoms with Crippen LogP contribution in [0.3, 0.4) is 0 Å². The van der Waals surface area contributed by atoms with Crippen molar-refractivity contribution in [3.63, 3.8) is 0 Å². The Bertz CT molecular complexity index is 83.1. The third-order valence-corrected chi connectivity index (χ3v) is 1.75. The van der Waals surface area contributed by atoms with Gasteiger partial charge in [-0.05, 0) is 0 Å². The van der Waals surface area contributed by atoms with Crippen LogP contribution in [0.4, 0.5) is 0 Å². The van der Waals surface area contributed by atoms with Crippen LogP contribution in [-0.4, -0.2) is 28.9 Å². The van der Waals surface area contributed by atoms with E-state index in [4.69, 9.17) is 0 Å². The van der Waals surface area contributed by atoms with Gasteiger partial charge in [-0.3, -0.25) is 0 Å². The summed E-state index contributed by atoms with van der Waals surface area (Å²) in [6.45, 7) is 2.11. The van der Waals surface area contributed by atoms with Gasteiger partial charge in [0.1, 0.15) is 0 Å². The number of carbonyl (C=O) groups is 1. The van der Waals surface area contributed by atoms with Crippen LogP contribution in [0.15, 0.2) is 0 Å². The summed E-state index contributed by atoms with van der Waals surface area (Å²) < 4.78 is 4.55. The molecule has 0 fully saturated rings. The van der Waals surface area contributed by atoms with Crippen molar-refractivity contribution < 1.29 is 7.87 Å². The Labute approximate surface area is 69.6 Å². The van der Waals surface area contributed by atoms with E-state index in [0.717, 1.165) is 42.2 Å². The number of carbonyl (C=O) groups excluding carboxylic acids is 1. The molecular weight excluding hydrogens is 223 g/mol. The number of hydrogen-bond donors (Lipinski definition) is 0. The van der Waals surface area contributed by atoms with E-state index in [1.54, 1.807) is 0 Å². The Morgan fingerprint density at radius 2 is 2.22 bits per heavy atom. The monoisotopic (exact) mass is 235 g/mol. The number of hydrogen-bond acceptors (Lipinski definition) is 2. The third-order valence-electron chi connectivity index (χ3n) is 1.10. The van der Waals surface area contributed by atoms with Crippen LogP contribution in [0.2, 0.25) is 0 Å². The van der Waals surface area contributed by atoms with Crippen molar-refractivity contribution in [2.24, 2.45) is 0 Å². The van der Waals surface area contributed by atoms with Crippen molar-refractivity contribution in [1.29, 1.82) is 0 Å². The number of rotatable bonds is 4. The zero-order valence-electron chi connectivity index (χ0n) is 5.64. The van der Waals surface area contributed by atoms with Crippen molar-refractivity contribution in [3.05, 3.63) is 0 Å². The fraction of sp³-hybridized carbons (Fsp3) is 0.833. The van der Waals surface area contributed by atoms with Gasteiger partial charge in [-0.1, -0.05) is 0 Å². The Morgan fingerprint density at radius 3 is 2.67 bits per heavy atom. The molecule has 3 radical (unpaired) electrons. The number of unbranched alkanes of at least 4 members (excludes halogenated alkanes) is 2. The molecule has 0 saturated heterocycles. The van der Waals surface area contributed by atoms with Gasteiger partial charge < -0.3 is 0 Å².